The number of esters is 1. The normalized spacial score (nSPS) is 10.4. The van der Waals surface area contributed by atoms with Crippen LogP contribution in [0.25, 0.3) is 0 Å². The number of hydrogen-bond donors (Lipinski definition) is 2. The van der Waals surface area contributed by atoms with Gasteiger partial charge in [0.15, 0.2) is 6.61 Å². The number of thioether (sulfide) groups is 1. The van der Waals surface area contributed by atoms with Crippen LogP contribution in [-0.2, 0) is 14.3 Å². The van der Waals surface area contributed by atoms with Gasteiger partial charge >= 0.3 is 5.97 Å². The third-order valence-electron chi connectivity index (χ3n) is 3.14. The number of ether oxygens (including phenoxy) is 1. The summed E-state index contributed by atoms with van der Waals surface area (Å²) in [5.74, 6) is -4.00. The van der Waals surface area contributed by atoms with Gasteiger partial charge in [0, 0.05) is 23.2 Å². The molecule has 2 amide bonds. The van der Waals surface area contributed by atoms with Gasteiger partial charge in [-0.15, -0.1) is 0 Å². The Kier molecular flexibility index (Phi) is 7.30. The van der Waals surface area contributed by atoms with Crippen LogP contribution in [-0.4, -0.2) is 30.1 Å². The minimum atomic E-state index is -2.52. The predicted molar refractivity (Wildman–Crippen MR) is 98.0 cm³/mol. The predicted octanol–water partition coefficient (Wildman–Crippen LogP) is 3.76. The summed E-state index contributed by atoms with van der Waals surface area (Å²) in [5.41, 5.74) is 1.16. The van der Waals surface area contributed by atoms with Crippen molar-refractivity contribution < 1.29 is 27.9 Å². The number of benzene rings is 2. The van der Waals surface area contributed by atoms with Crippen LogP contribution in [0.2, 0.25) is 0 Å². The van der Waals surface area contributed by atoms with Gasteiger partial charge in [0.05, 0.1) is 5.56 Å². The minimum Gasteiger partial charge on any atom is -0.452 e. The third kappa shape index (κ3) is 7.06. The van der Waals surface area contributed by atoms with Crippen molar-refractivity contribution in [2.75, 3.05) is 17.2 Å². The van der Waals surface area contributed by atoms with E-state index in [1.807, 2.05) is 0 Å². The lowest BCUT2D eigenvalue weighted by molar-refractivity contribution is -0.119. The fraction of sp³-hybridized carbons (Fsp3) is 0.167. The molecule has 9 heteroatoms. The smallest absolute Gasteiger partial charge is 0.338 e. The molecular weight excluding hydrogens is 378 g/mol. The fourth-order valence-corrected chi connectivity index (χ4v) is 2.52. The molecule has 0 saturated carbocycles. The molecule has 0 aromatic heterocycles. The number of hydrogen-bond acceptors (Lipinski definition) is 5. The van der Waals surface area contributed by atoms with E-state index in [1.54, 1.807) is 0 Å². The lowest BCUT2D eigenvalue weighted by Gasteiger charge is -2.08. The zero-order valence-corrected chi connectivity index (χ0v) is 15.0. The summed E-state index contributed by atoms with van der Waals surface area (Å²) in [7, 11) is 0. The molecule has 27 heavy (non-hydrogen) atoms. The van der Waals surface area contributed by atoms with Crippen molar-refractivity contribution in [3.8, 4) is 0 Å². The molecule has 0 atom stereocenters. The average Bonchev–Trinajstić information content (AvgIpc) is 2.61. The van der Waals surface area contributed by atoms with Crippen molar-refractivity contribution in [2.24, 2.45) is 0 Å². The van der Waals surface area contributed by atoms with Gasteiger partial charge in [0.2, 0.25) is 5.91 Å². The molecule has 0 heterocycles. The quantitative estimate of drug-likeness (QED) is 0.552. The molecule has 2 N–H and O–H groups in total. The molecule has 0 spiro atoms. The van der Waals surface area contributed by atoms with E-state index in [9.17, 15) is 23.2 Å². The summed E-state index contributed by atoms with van der Waals surface area (Å²) in [6, 6.07) is 11.9. The van der Waals surface area contributed by atoms with Crippen LogP contribution in [0.5, 0.6) is 0 Å². The molecule has 0 aliphatic heterocycles. The first-order valence-electron chi connectivity index (χ1n) is 7.73. The Morgan fingerprint density at radius 1 is 0.963 bits per heavy atom. The van der Waals surface area contributed by atoms with E-state index in [4.69, 9.17) is 4.74 Å². The molecule has 0 unspecified atom stereocenters. The van der Waals surface area contributed by atoms with Gasteiger partial charge in [-0.1, -0.05) is 11.8 Å². The van der Waals surface area contributed by atoms with Crippen molar-refractivity contribution in [3.05, 3.63) is 54.1 Å². The van der Waals surface area contributed by atoms with Gasteiger partial charge in [0.25, 0.3) is 11.7 Å². The second-order valence-electron chi connectivity index (χ2n) is 5.29. The van der Waals surface area contributed by atoms with Crippen LogP contribution in [0.1, 0.15) is 17.3 Å². The first-order chi connectivity index (χ1) is 12.8. The van der Waals surface area contributed by atoms with Crippen LogP contribution >= 0.6 is 11.8 Å². The molecule has 0 fully saturated rings. The Labute approximate surface area is 158 Å². The number of alkyl halides is 2. The van der Waals surface area contributed by atoms with Crippen LogP contribution < -0.4 is 10.6 Å². The first kappa shape index (κ1) is 20.4. The van der Waals surface area contributed by atoms with Crippen molar-refractivity contribution in [2.45, 2.75) is 17.6 Å². The third-order valence-corrected chi connectivity index (χ3v) is 3.86. The van der Waals surface area contributed by atoms with E-state index in [0.717, 1.165) is 0 Å². The molecule has 0 bridgehead atoms. The number of carbonyl (C=O) groups excluding carboxylic acids is 3. The Morgan fingerprint density at radius 3 is 2.07 bits per heavy atom. The van der Waals surface area contributed by atoms with Gasteiger partial charge < -0.3 is 15.4 Å². The molecule has 0 aliphatic carbocycles. The molecule has 2 aromatic carbocycles. The van der Waals surface area contributed by atoms with Gasteiger partial charge in [-0.05, 0) is 48.5 Å². The van der Waals surface area contributed by atoms with E-state index in [2.05, 4.69) is 10.6 Å². The average molecular weight is 394 g/mol. The van der Waals surface area contributed by atoms with E-state index in [-0.39, 0.29) is 11.5 Å². The van der Waals surface area contributed by atoms with Gasteiger partial charge in [-0.3, -0.25) is 9.59 Å². The van der Waals surface area contributed by atoms with E-state index < -0.39 is 24.2 Å². The number of anilines is 2. The Morgan fingerprint density at radius 2 is 1.52 bits per heavy atom. The molecule has 0 saturated heterocycles. The molecule has 142 valence electrons. The minimum absolute atomic E-state index is 0.227. The van der Waals surface area contributed by atoms with Crippen LogP contribution in [0.4, 0.5) is 20.2 Å². The first-order valence-corrected chi connectivity index (χ1v) is 8.61. The number of nitrogens with one attached hydrogen (secondary N) is 2. The molecule has 0 aliphatic rings. The maximum atomic E-state index is 12.3. The van der Waals surface area contributed by atoms with E-state index in [1.165, 1.54) is 55.5 Å². The van der Waals surface area contributed by atoms with E-state index >= 15 is 0 Å². The molecule has 2 aromatic rings. The highest BCUT2D eigenvalue weighted by molar-refractivity contribution is 7.99. The van der Waals surface area contributed by atoms with Crippen molar-refractivity contribution in [1.82, 2.24) is 0 Å². The molecule has 0 radical (unpaired) electrons. The summed E-state index contributed by atoms with van der Waals surface area (Å²) in [5, 5.41) is 5.06. The second-order valence-corrected chi connectivity index (χ2v) is 6.35. The lowest BCUT2D eigenvalue weighted by Crippen LogP contribution is -2.20. The Hall–Kier alpha value is -2.94. The van der Waals surface area contributed by atoms with Crippen LogP contribution in [0.3, 0.4) is 0 Å². The summed E-state index contributed by atoms with van der Waals surface area (Å²) >= 11 is 0.403. The van der Waals surface area contributed by atoms with Crippen molar-refractivity contribution in [1.29, 1.82) is 0 Å². The van der Waals surface area contributed by atoms with Crippen molar-refractivity contribution in [3.63, 3.8) is 0 Å². The molecule has 6 nitrogen and oxygen atoms in total. The van der Waals surface area contributed by atoms with Gasteiger partial charge in [-0.2, -0.15) is 8.78 Å². The number of carbonyl (C=O) groups is 3. The standard InChI is InChI=1S/C18H16F2N2O4S/c1-11(23)21-13-4-2-12(3-5-13)17(25)26-10-16(24)22-14-6-8-15(9-7-14)27-18(19)20/h2-9,18H,10H2,1H3,(H,21,23)(H,22,24). The summed E-state index contributed by atoms with van der Waals surface area (Å²) in [6.45, 7) is 0.867. The second kappa shape index (κ2) is 9.67. The van der Waals surface area contributed by atoms with E-state index in [0.29, 0.717) is 28.0 Å². The zero-order valence-electron chi connectivity index (χ0n) is 14.2. The maximum Gasteiger partial charge on any atom is 0.338 e. The number of halogens is 2. The van der Waals surface area contributed by atoms with Crippen molar-refractivity contribution >= 4 is 40.9 Å². The number of rotatable bonds is 7. The number of amides is 2. The van der Waals surface area contributed by atoms with Gasteiger partial charge in [0.1, 0.15) is 0 Å². The van der Waals surface area contributed by atoms with Crippen LogP contribution in [0.15, 0.2) is 53.4 Å². The summed E-state index contributed by atoms with van der Waals surface area (Å²) < 4.78 is 29.4. The zero-order chi connectivity index (χ0) is 19.8. The van der Waals surface area contributed by atoms with Crippen LogP contribution in [0, 0.1) is 0 Å². The topological polar surface area (TPSA) is 84.5 Å². The highest BCUT2D eigenvalue weighted by Gasteiger charge is 2.11. The lowest BCUT2D eigenvalue weighted by atomic mass is 10.2. The Bertz CT molecular complexity index is 811. The maximum absolute atomic E-state index is 12.3. The fourth-order valence-electron chi connectivity index (χ4n) is 2.02. The summed E-state index contributed by atoms with van der Waals surface area (Å²) in [6.07, 6.45) is 0. The molecular formula is C18H16F2N2O4S. The van der Waals surface area contributed by atoms with Gasteiger partial charge in [-0.25, -0.2) is 4.79 Å². The molecule has 2 rings (SSSR count). The highest BCUT2D eigenvalue weighted by atomic mass is 32.2. The SMILES string of the molecule is CC(=O)Nc1ccc(C(=O)OCC(=O)Nc2ccc(SC(F)F)cc2)cc1. The highest BCUT2D eigenvalue weighted by Crippen LogP contribution is 2.26. The largest absolute Gasteiger partial charge is 0.452 e. The monoisotopic (exact) mass is 394 g/mol. The summed E-state index contributed by atoms with van der Waals surface area (Å²) in [4.78, 5) is 35.1. The Balaban J connectivity index is 1.82.